The standard InChI is InChI=1S/C13H16N2O4S/c1-4-15-8-11(13(16)17)10-7-9(5-6-12(10)15)20(18,19)14(2)3/h5-8H,4H2,1-3H3,(H,16,17). The zero-order chi connectivity index (χ0) is 15.1. The Morgan fingerprint density at radius 1 is 1.35 bits per heavy atom. The minimum absolute atomic E-state index is 0.0892. The molecule has 20 heavy (non-hydrogen) atoms. The van der Waals surface area contributed by atoms with Crippen molar-refractivity contribution in [2.24, 2.45) is 0 Å². The van der Waals surface area contributed by atoms with Crippen LogP contribution in [-0.4, -0.2) is 42.5 Å². The van der Waals surface area contributed by atoms with E-state index in [1.54, 1.807) is 10.6 Å². The van der Waals surface area contributed by atoms with Gasteiger partial charge in [0, 0.05) is 37.7 Å². The fourth-order valence-electron chi connectivity index (χ4n) is 2.08. The van der Waals surface area contributed by atoms with Crippen LogP contribution in [0.15, 0.2) is 29.3 Å². The highest BCUT2D eigenvalue weighted by Gasteiger charge is 2.20. The van der Waals surface area contributed by atoms with E-state index >= 15 is 0 Å². The van der Waals surface area contributed by atoms with E-state index in [4.69, 9.17) is 0 Å². The molecule has 1 aromatic heterocycles. The number of carboxylic acids is 1. The summed E-state index contributed by atoms with van der Waals surface area (Å²) in [5, 5.41) is 9.65. The lowest BCUT2D eigenvalue weighted by Gasteiger charge is -2.11. The van der Waals surface area contributed by atoms with Crippen molar-refractivity contribution in [3.05, 3.63) is 30.0 Å². The Balaban J connectivity index is 2.77. The van der Waals surface area contributed by atoms with Crippen molar-refractivity contribution >= 4 is 26.9 Å². The molecule has 0 saturated heterocycles. The van der Waals surface area contributed by atoms with Gasteiger partial charge in [-0.3, -0.25) is 0 Å². The molecule has 0 aliphatic carbocycles. The number of aromatic carboxylic acids is 1. The average molecular weight is 296 g/mol. The summed E-state index contributed by atoms with van der Waals surface area (Å²) in [7, 11) is -0.698. The SMILES string of the molecule is CCn1cc(C(=O)O)c2cc(S(=O)(=O)N(C)C)ccc21. The summed E-state index contributed by atoms with van der Waals surface area (Å²) in [6.45, 7) is 2.51. The van der Waals surface area contributed by atoms with Crippen LogP contribution in [0.5, 0.6) is 0 Å². The second-order valence-electron chi connectivity index (χ2n) is 4.60. The van der Waals surface area contributed by atoms with E-state index < -0.39 is 16.0 Å². The van der Waals surface area contributed by atoms with Crippen LogP contribution >= 0.6 is 0 Å². The molecule has 2 rings (SSSR count). The summed E-state index contributed by atoms with van der Waals surface area (Å²) < 4.78 is 27.1. The molecule has 0 aliphatic heterocycles. The number of rotatable bonds is 4. The Morgan fingerprint density at radius 3 is 2.50 bits per heavy atom. The van der Waals surface area contributed by atoms with Crippen molar-refractivity contribution in [2.75, 3.05) is 14.1 Å². The number of hydrogen-bond acceptors (Lipinski definition) is 3. The number of aryl methyl sites for hydroxylation is 1. The Kier molecular flexibility index (Phi) is 3.58. The van der Waals surface area contributed by atoms with E-state index in [2.05, 4.69) is 0 Å². The molecule has 0 aliphatic rings. The first kappa shape index (κ1) is 14.5. The summed E-state index contributed by atoms with van der Waals surface area (Å²) in [5.41, 5.74) is 0.820. The van der Waals surface area contributed by atoms with Gasteiger partial charge in [0.15, 0.2) is 0 Å². The second kappa shape index (κ2) is 4.92. The Labute approximate surface area is 117 Å². The number of aromatic nitrogens is 1. The van der Waals surface area contributed by atoms with Crippen molar-refractivity contribution < 1.29 is 18.3 Å². The van der Waals surface area contributed by atoms with Crippen LogP contribution in [0.2, 0.25) is 0 Å². The Morgan fingerprint density at radius 2 is 2.00 bits per heavy atom. The van der Waals surface area contributed by atoms with Gasteiger partial charge < -0.3 is 9.67 Å². The van der Waals surface area contributed by atoms with Gasteiger partial charge in [0.1, 0.15) is 0 Å². The molecule has 1 heterocycles. The maximum Gasteiger partial charge on any atom is 0.337 e. The summed E-state index contributed by atoms with van der Waals surface area (Å²) in [6, 6.07) is 4.55. The third-order valence-electron chi connectivity index (χ3n) is 3.20. The molecule has 0 amide bonds. The molecular formula is C13H16N2O4S. The number of sulfonamides is 1. The lowest BCUT2D eigenvalue weighted by Crippen LogP contribution is -2.22. The van der Waals surface area contributed by atoms with E-state index in [0.717, 1.165) is 4.31 Å². The molecule has 0 atom stereocenters. The van der Waals surface area contributed by atoms with Gasteiger partial charge in [-0.1, -0.05) is 0 Å². The van der Waals surface area contributed by atoms with Crippen LogP contribution in [0, 0.1) is 0 Å². The highest BCUT2D eigenvalue weighted by molar-refractivity contribution is 7.89. The predicted molar refractivity (Wildman–Crippen MR) is 75.4 cm³/mol. The summed E-state index contributed by atoms with van der Waals surface area (Å²) in [5.74, 6) is -1.07. The van der Waals surface area contributed by atoms with Crippen LogP contribution in [0.4, 0.5) is 0 Å². The van der Waals surface area contributed by atoms with Gasteiger partial charge in [0.05, 0.1) is 10.5 Å². The molecule has 0 spiro atoms. The van der Waals surface area contributed by atoms with Gasteiger partial charge in [-0.2, -0.15) is 0 Å². The van der Waals surface area contributed by atoms with Crippen molar-refractivity contribution in [2.45, 2.75) is 18.4 Å². The molecular weight excluding hydrogens is 280 g/mol. The van der Waals surface area contributed by atoms with Gasteiger partial charge in [-0.15, -0.1) is 0 Å². The quantitative estimate of drug-likeness (QED) is 0.929. The van der Waals surface area contributed by atoms with E-state index in [1.807, 2.05) is 6.92 Å². The van der Waals surface area contributed by atoms with Crippen molar-refractivity contribution in [3.63, 3.8) is 0 Å². The van der Waals surface area contributed by atoms with E-state index in [1.165, 1.54) is 32.4 Å². The number of fused-ring (bicyclic) bond motifs is 1. The third kappa shape index (κ3) is 2.19. The topological polar surface area (TPSA) is 79.6 Å². The summed E-state index contributed by atoms with van der Waals surface area (Å²) >= 11 is 0. The second-order valence-corrected chi connectivity index (χ2v) is 6.75. The number of carboxylic acid groups (broad SMARTS) is 1. The Bertz CT molecular complexity index is 775. The predicted octanol–water partition coefficient (Wildman–Crippen LogP) is 1.61. The number of benzene rings is 1. The molecule has 2 aromatic rings. The maximum atomic E-state index is 12.1. The number of hydrogen-bond donors (Lipinski definition) is 1. The van der Waals surface area contributed by atoms with Crippen molar-refractivity contribution in [1.29, 1.82) is 0 Å². The Hall–Kier alpha value is -1.86. The fourth-order valence-corrected chi connectivity index (χ4v) is 3.01. The van der Waals surface area contributed by atoms with Crippen LogP contribution in [-0.2, 0) is 16.6 Å². The first-order valence-corrected chi connectivity index (χ1v) is 7.51. The highest BCUT2D eigenvalue weighted by atomic mass is 32.2. The molecule has 0 fully saturated rings. The minimum atomic E-state index is -3.58. The first-order valence-electron chi connectivity index (χ1n) is 6.07. The smallest absolute Gasteiger partial charge is 0.337 e. The molecule has 0 bridgehead atoms. The molecule has 1 aromatic carbocycles. The zero-order valence-corrected chi connectivity index (χ0v) is 12.3. The first-order chi connectivity index (χ1) is 9.28. The normalized spacial score (nSPS) is 12.2. The summed E-state index contributed by atoms with van der Waals surface area (Å²) in [6.07, 6.45) is 1.53. The van der Waals surface area contributed by atoms with Crippen LogP contribution in [0.3, 0.4) is 0 Å². The van der Waals surface area contributed by atoms with Gasteiger partial charge in [-0.05, 0) is 25.1 Å². The average Bonchev–Trinajstić information content (AvgIpc) is 2.76. The van der Waals surface area contributed by atoms with Gasteiger partial charge in [0.2, 0.25) is 10.0 Å². The molecule has 108 valence electrons. The fraction of sp³-hybridized carbons (Fsp3) is 0.308. The van der Waals surface area contributed by atoms with Crippen molar-refractivity contribution in [3.8, 4) is 0 Å². The minimum Gasteiger partial charge on any atom is -0.478 e. The number of carbonyl (C=O) groups is 1. The van der Waals surface area contributed by atoms with E-state index in [-0.39, 0.29) is 10.5 Å². The largest absolute Gasteiger partial charge is 0.478 e. The van der Waals surface area contributed by atoms with Crippen LogP contribution in [0.1, 0.15) is 17.3 Å². The summed E-state index contributed by atoms with van der Waals surface area (Å²) in [4.78, 5) is 11.4. The molecule has 0 unspecified atom stereocenters. The van der Waals surface area contributed by atoms with Gasteiger partial charge in [-0.25, -0.2) is 17.5 Å². The lowest BCUT2D eigenvalue weighted by atomic mass is 10.2. The van der Waals surface area contributed by atoms with E-state index in [9.17, 15) is 18.3 Å². The van der Waals surface area contributed by atoms with E-state index in [0.29, 0.717) is 17.4 Å². The molecule has 6 nitrogen and oxygen atoms in total. The van der Waals surface area contributed by atoms with Crippen LogP contribution < -0.4 is 0 Å². The lowest BCUT2D eigenvalue weighted by molar-refractivity contribution is 0.0698. The maximum absolute atomic E-state index is 12.1. The number of nitrogens with zero attached hydrogens (tertiary/aromatic N) is 2. The third-order valence-corrected chi connectivity index (χ3v) is 5.01. The van der Waals surface area contributed by atoms with Crippen molar-refractivity contribution in [1.82, 2.24) is 8.87 Å². The monoisotopic (exact) mass is 296 g/mol. The highest BCUT2D eigenvalue weighted by Crippen LogP contribution is 2.26. The zero-order valence-electron chi connectivity index (χ0n) is 11.5. The van der Waals surface area contributed by atoms with Crippen LogP contribution in [0.25, 0.3) is 10.9 Å². The molecule has 1 N–H and O–H groups in total. The molecule has 0 saturated carbocycles. The molecule has 7 heteroatoms. The van der Waals surface area contributed by atoms with Gasteiger partial charge in [0.25, 0.3) is 0 Å². The molecule has 0 radical (unpaired) electrons. The van der Waals surface area contributed by atoms with Gasteiger partial charge >= 0.3 is 5.97 Å².